The summed E-state index contributed by atoms with van der Waals surface area (Å²) in [5.41, 5.74) is 0.555. The number of hydrogen-bond donors (Lipinski definition) is 1. The van der Waals surface area contributed by atoms with E-state index in [0.29, 0.717) is 5.57 Å². The van der Waals surface area contributed by atoms with E-state index >= 15 is 0 Å². The predicted octanol–water partition coefficient (Wildman–Crippen LogP) is 0.707. The number of ketones is 1. The molecule has 1 atom stereocenters. The average Bonchev–Trinajstić information content (AvgIpc) is 2.95. The first-order valence-electron chi connectivity index (χ1n) is 5.35. The first kappa shape index (κ1) is 13.4. The number of carbonyl (C=O) groups excluding carboxylic acids is 1. The van der Waals surface area contributed by atoms with E-state index in [4.69, 9.17) is 0 Å². The lowest BCUT2D eigenvalue weighted by Gasteiger charge is -2.10. The van der Waals surface area contributed by atoms with E-state index in [-0.39, 0.29) is 23.9 Å². The topological polar surface area (TPSA) is 71.4 Å². The Kier molecular flexibility index (Phi) is 4.27. The van der Waals surface area contributed by atoms with Crippen molar-refractivity contribution in [3.8, 4) is 0 Å². The summed E-state index contributed by atoms with van der Waals surface area (Å²) >= 11 is 0. The Hall–Kier alpha value is -0.680. The van der Waals surface area contributed by atoms with Crippen LogP contribution in [0.2, 0.25) is 0 Å². The van der Waals surface area contributed by atoms with Gasteiger partial charge in [-0.3, -0.25) is 4.79 Å². The molecular formula is C11H18O4S. The molecule has 0 aromatic carbocycles. The van der Waals surface area contributed by atoms with Crippen LogP contribution in [-0.4, -0.2) is 37.4 Å². The minimum atomic E-state index is -3.06. The van der Waals surface area contributed by atoms with E-state index in [1.807, 2.05) is 0 Å². The number of Topliss-reactive ketones (excluding diaryl/α,β-unsaturated/α-hetero) is 1. The minimum Gasteiger partial charge on any atom is -0.388 e. The van der Waals surface area contributed by atoms with E-state index in [2.05, 4.69) is 0 Å². The third-order valence-electron chi connectivity index (χ3n) is 2.66. The van der Waals surface area contributed by atoms with Gasteiger partial charge in [-0.2, -0.15) is 0 Å². The van der Waals surface area contributed by atoms with Crippen molar-refractivity contribution in [3.05, 3.63) is 11.6 Å². The van der Waals surface area contributed by atoms with Gasteiger partial charge in [0.05, 0.1) is 11.9 Å². The van der Waals surface area contributed by atoms with Crippen LogP contribution in [-0.2, 0) is 14.6 Å². The van der Waals surface area contributed by atoms with Crippen LogP contribution in [0, 0.1) is 5.92 Å². The lowest BCUT2D eigenvalue weighted by Crippen LogP contribution is -2.16. The molecule has 1 N–H and O–H groups in total. The maximum absolute atomic E-state index is 11.4. The molecule has 1 fully saturated rings. The Labute approximate surface area is 96.3 Å². The second-order valence-electron chi connectivity index (χ2n) is 4.50. The normalized spacial score (nSPS) is 19.6. The smallest absolute Gasteiger partial charge is 0.151 e. The first-order valence-corrected chi connectivity index (χ1v) is 7.41. The number of aliphatic hydroxyl groups excluding tert-OH is 1. The maximum Gasteiger partial charge on any atom is 0.151 e. The summed E-state index contributed by atoms with van der Waals surface area (Å²) in [7, 11) is -3.06. The van der Waals surface area contributed by atoms with Crippen LogP contribution in [0.4, 0.5) is 0 Å². The third kappa shape index (κ3) is 4.90. The molecule has 0 amide bonds. The molecule has 0 aromatic heterocycles. The molecule has 0 aromatic rings. The maximum atomic E-state index is 11.4. The molecule has 0 aliphatic heterocycles. The van der Waals surface area contributed by atoms with Gasteiger partial charge in [0.2, 0.25) is 0 Å². The zero-order valence-electron chi connectivity index (χ0n) is 9.64. The van der Waals surface area contributed by atoms with Gasteiger partial charge in [-0.05, 0) is 25.3 Å². The van der Waals surface area contributed by atoms with Gasteiger partial charge in [-0.1, -0.05) is 6.08 Å². The highest BCUT2D eigenvalue weighted by Crippen LogP contribution is 2.31. The fourth-order valence-corrected chi connectivity index (χ4v) is 1.91. The van der Waals surface area contributed by atoms with E-state index in [0.717, 1.165) is 19.1 Å². The molecular weight excluding hydrogens is 228 g/mol. The highest BCUT2D eigenvalue weighted by Gasteiger charge is 2.30. The summed E-state index contributed by atoms with van der Waals surface area (Å²) in [6.45, 7) is 1.65. The zero-order chi connectivity index (χ0) is 12.3. The lowest BCUT2D eigenvalue weighted by atomic mass is 10.0. The van der Waals surface area contributed by atoms with Gasteiger partial charge in [0.15, 0.2) is 9.84 Å². The van der Waals surface area contributed by atoms with Crippen LogP contribution in [0.3, 0.4) is 0 Å². The zero-order valence-corrected chi connectivity index (χ0v) is 10.5. The summed E-state index contributed by atoms with van der Waals surface area (Å²) in [5.74, 6) is 0.130. The molecule has 1 aliphatic rings. The van der Waals surface area contributed by atoms with E-state index < -0.39 is 15.9 Å². The molecule has 0 saturated heterocycles. The molecule has 92 valence electrons. The van der Waals surface area contributed by atoms with Crippen LogP contribution >= 0.6 is 0 Å². The van der Waals surface area contributed by atoms with Gasteiger partial charge in [-0.15, -0.1) is 0 Å². The number of carbonyl (C=O) groups is 1. The molecule has 1 rings (SSSR count). The van der Waals surface area contributed by atoms with Crippen LogP contribution in [0.5, 0.6) is 0 Å². The minimum absolute atomic E-state index is 0.0830. The Morgan fingerprint density at radius 3 is 2.50 bits per heavy atom. The van der Waals surface area contributed by atoms with Crippen molar-refractivity contribution in [1.82, 2.24) is 0 Å². The van der Waals surface area contributed by atoms with Crippen molar-refractivity contribution in [1.29, 1.82) is 0 Å². The molecule has 0 radical (unpaired) electrons. The molecule has 0 unspecified atom stereocenters. The quantitative estimate of drug-likeness (QED) is 0.701. The average molecular weight is 246 g/mol. The lowest BCUT2D eigenvalue weighted by molar-refractivity contribution is -0.121. The monoisotopic (exact) mass is 246 g/mol. The van der Waals surface area contributed by atoms with Crippen molar-refractivity contribution in [2.75, 3.05) is 12.0 Å². The molecule has 5 heteroatoms. The van der Waals surface area contributed by atoms with Crippen molar-refractivity contribution in [3.63, 3.8) is 0 Å². The third-order valence-corrected chi connectivity index (χ3v) is 3.43. The van der Waals surface area contributed by atoms with Crippen LogP contribution in [0.1, 0.15) is 26.2 Å². The van der Waals surface area contributed by atoms with Crippen molar-refractivity contribution in [2.45, 2.75) is 32.3 Å². The Morgan fingerprint density at radius 1 is 1.50 bits per heavy atom. The van der Waals surface area contributed by atoms with Gasteiger partial charge in [0.25, 0.3) is 0 Å². The summed E-state index contributed by atoms with van der Waals surface area (Å²) in [6.07, 6.45) is 3.74. The molecule has 4 nitrogen and oxygen atoms in total. The summed E-state index contributed by atoms with van der Waals surface area (Å²) < 4.78 is 21.8. The standard InChI is InChI=1S/C11H18O4S/c1-8(5-6-16(2,14)15)10(12)7-11(13)9-3-4-9/h5,9-10,12H,3-4,6-7H2,1-2H3/b8-5-/t10-/m0/s1. The Morgan fingerprint density at radius 2 is 2.06 bits per heavy atom. The number of aliphatic hydroxyl groups is 1. The van der Waals surface area contributed by atoms with E-state index in [1.165, 1.54) is 6.08 Å². The first-order chi connectivity index (χ1) is 7.29. The van der Waals surface area contributed by atoms with Gasteiger partial charge in [0.1, 0.15) is 5.78 Å². The summed E-state index contributed by atoms with van der Waals surface area (Å²) in [5, 5.41) is 9.68. The second-order valence-corrected chi connectivity index (χ2v) is 6.69. The van der Waals surface area contributed by atoms with Gasteiger partial charge in [0, 0.05) is 18.6 Å². The Balaban J connectivity index is 2.45. The molecule has 16 heavy (non-hydrogen) atoms. The van der Waals surface area contributed by atoms with Crippen molar-refractivity contribution >= 4 is 15.6 Å². The molecule has 1 saturated carbocycles. The SMILES string of the molecule is C/C(=C/CS(C)(=O)=O)[C@@H](O)CC(=O)C1CC1. The van der Waals surface area contributed by atoms with Gasteiger partial charge < -0.3 is 5.11 Å². The number of hydrogen-bond acceptors (Lipinski definition) is 4. The van der Waals surface area contributed by atoms with Crippen molar-refractivity contribution in [2.24, 2.45) is 5.92 Å². The molecule has 0 heterocycles. The molecule has 0 bridgehead atoms. The second kappa shape index (κ2) is 5.10. The largest absolute Gasteiger partial charge is 0.388 e. The fraction of sp³-hybridized carbons (Fsp3) is 0.727. The van der Waals surface area contributed by atoms with E-state index in [1.54, 1.807) is 6.92 Å². The van der Waals surface area contributed by atoms with E-state index in [9.17, 15) is 18.3 Å². The number of sulfone groups is 1. The van der Waals surface area contributed by atoms with Crippen LogP contribution in [0.25, 0.3) is 0 Å². The predicted molar refractivity (Wildman–Crippen MR) is 61.8 cm³/mol. The number of rotatable bonds is 6. The van der Waals surface area contributed by atoms with Crippen molar-refractivity contribution < 1.29 is 18.3 Å². The van der Waals surface area contributed by atoms with Crippen LogP contribution in [0.15, 0.2) is 11.6 Å². The van der Waals surface area contributed by atoms with Crippen LogP contribution < -0.4 is 0 Å². The Bertz CT molecular complexity index is 390. The van der Waals surface area contributed by atoms with Gasteiger partial charge in [-0.25, -0.2) is 8.42 Å². The highest BCUT2D eigenvalue weighted by atomic mass is 32.2. The summed E-state index contributed by atoms with van der Waals surface area (Å²) in [6, 6.07) is 0. The molecule has 1 aliphatic carbocycles. The molecule has 0 spiro atoms. The summed E-state index contributed by atoms with van der Waals surface area (Å²) in [4.78, 5) is 11.4. The van der Waals surface area contributed by atoms with Gasteiger partial charge >= 0.3 is 0 Å². The highest BCUT2D eigenvalue weighted by molar-refractivity contribution is 7.90. The fourth-order valence-electron chi connectivity index (χ4n) is 1.34.